The standard InChI is InChI=1S/C16H15ClN2O4/c1-10-3-2-4-13(15(10)21)16(22)19-18-14(20)9-23-12-7-5-11(17)6-8-12/h2-8,21H,9H2,1H3,(H,18,20)(H,19,22). The summed E-state index contributed by atoms with van der Waals surface area (Å²) in [5.41, 5.74) is 5.06. The Labute approximate surface area is 138 Å². The maximum Gasteiger partial charge on any atom is 0.276 e. The normalized spacial score (nSPS) is 10.0. The quantitative estimate of drug-likeness (QED) is 0.748. The van der Waals surface area contributed by atoms with Crippen LogP contribution in [-0.4, -0.2) is 23.5 Å². The van der Waals surface area contributed by atoms with Gasteiger partial charge in [0.25, 0.3) is 11.8 Å². The van der Waals surface area contributed by atoms with E-state index in [2.05, 4.69) is 10.9 Å². The minimum atomic E-state index is -0.619. The van der Waals surface area contributed by atoms with Crippen LogP contribution in [0.25, 0.3) is 0 Å². The number of hydrogen-bond acceptors (Lipinski definition) is 4. The Bertz CT molecular complexity index is 717. The number of halogens is 1. The predicted octanol–water partition coefficient (Wildman–Crippen LogP) is 2.19. The fourth-order valence-electron chi connectivity index (χ4n) is 1.75. The molecule has 0 spiro atoms. The predicted molar refractivity (Wildman–Crippen MR) is 85.4 cm³/mol. The molecule has 0 unspecified atom stereocenters. The Kier molecular flexibility index (Phi) is 5.43. The summed E-state index contributed by atoms with van der Waals surface area (Å²) in [5, 5.41) is 10.4. The fraction of sp³-hybridized carbons (Fsp3) is 0.125. The number of para-hydroxylation sites is 1. The molecule has 23 heavy (non-hydrogen) atoms. The number of ether oxygens (including phenoxy) is 1. The summed E-state index contributed by atoms with van der Waals surface area (Å²) >= 11 is 5.74. The minimum Gasteiger partial charge on any atom is -0.507 e. The van der Waals surface area contributed by atoms with Crippen LogP contribution in [0.15, 0.2) is 42.5 Å². The number of phenols is 1. The van der Waals surface area contributed by atoms with Crippen molar-refractivity contribution in [3.8, 4) is 11.5 Å². The summed E-state index contributed by atoms with van der Waals surface area (Å²) in [6, 6.07) is 11.3. The SMILES string of the molecule is Cc1cccc(C(=O)NNC(=O)COc2ccc(Cl)cc2)c1O. The smallest absolute Gasteiger partial charge is 0.276 e. The van der Waals surface area contributed by atoms with E-state index in [1.165, 1.54) is 6.07 Å². The molecule has 2 amide bonds. The summed E-state index contributed by atoms with van der Waals surface area (Å²) in [6.45, 7) is 1.40. The first kappa shape index (κ1) is 16.6. The monoisotopic (exact) mass is 334 g/mol. The lowest BCUT2D eigenvalue weighted by Crippen LogP contribution is -2.43. The molecular weight excluding hydrogens is 320 g/mol. The van der Waals surface area contributed by atoms with E-state index in [0.29, 0.717) is 16.3 Å². The van der Waals surface area contributed by atoms with Crippen molar-refractivity contribution in [1.29, 1.82) is 0 Å². The summed E-state index contributed by atoms with van der Waals surface area (Å²) in [7, 11) is 0. The Morgan fingerprint density at radius 2 is 1.83 bits per heavy atom. The van der Waals surface area contributed by atoms with Crippen molar-refractivity contribution < 1.29 is 19.4 Å². The van der Waals surface area contributed by atoms with Gasteiger partial charge in [0.2, 0.25) is 0 Å². The molecule has 3 N–H and O–H groups in total. The van der Waals surface area contributed by atoms with Crippen molar-refractivity contribution in [2.45, 2.75) is 6.92 Å². The molecule has 0 aliphatic heterocycles. The van der Waals surface area contributed by atoms with Gasteiger partial charge in [-0.3, -0.25) is 20.4 Å². The lowest BCUT2D eigenvalue weighted by molar-refractivity contribution is -0.123. The zero-order valence-electron chi connectivity index (χ0n) is 12.3. The van der Waals surface area contributed by atoms with Crippen LogP contribution in [0.2, 0.25) is 5.02 Å². The third-order valence-electron chi connectivity index (χ3n) is 2.98. The zero-order valence-corrected chi connectivity index (χ0v) is 13.1. The van der Waals surface area contributed by atoms with Gasteiger partial charge in [0.15, 0.2) is 6.61 Å². The highest BCUT2D eigenvalue weighted by Gasteiger charge is 2.13. The Morgan fingerprint density at radius 3 is 2.52 bits per heavy atom. The number of hydrogen-bond donors (Lipinski definition) is 3. The van der Waals surface area contributed by atoms with Crippen LogP contribution in [0, 0.1) is 6.92 Å². The van der Waals surface area contributed by atoms with Gasteiger partial charge in [-0.1, -0.05) is 23.7 Å². The fourth-order valence-corrected chi connectivity index (χ4v) is 1.88. The van der Waals surface area contributed by atoms with E-state index in [0.717, 1.165) is 0 Å². The van der Waals surface area contributed by atoms with Gasteiger partial charge in [-0.25, -0.2) is 0 Å². The van der Waals surface area contributed by atoms with E-state index >= 15 is 0 Å². The lowest BCUT2D eigenvalue weighted by Gasteiger charge is -2.10. The van der Waals surface area contributed by atoms with Gasteiger partial charge in [0, 0.05) is 5.02 Å². The number of carbonyl (C=O) groups excluding carboxylic acids is 2. The zero-order chi connectivity index (χ0) is 16.8. The van der Waals surface area contributed by atoms with E-state index in [4.69, 9.17) is 16.3 Å². The van der Waals surface area contributed by atoms with Gasteiger partial charge in [-0.15, -0.1) is 0 Å². The highest BCUT2D eigenvalue weighted by atomic mass is 35.5. The number of phenolic OH excluding ortho intramolecular Hbond substituents is 1. The van der Waals surface area contributed by atoms with E-state index in [-0.39, 0.29) is 17.9 Å². The molecule has 0 aliphatic carbocycles. The summed E-state index contributed by atoms with van der Waals surface area (Å²) < 4.78 is 5.23. The minimum absolute atomic E-state index is 0.0731. The highest BCUT2D eigenvalue weighted by Crippen LogP contribution is 2.20. The molecule has 0 aliphatic rings. The molecule has 7 heteroatoms. The van der Waals surface area contributed by atoms with Gasteiger partial charge in [0.05, 0.1) is 5.56 Å². The Hall–Kier alpha value is -2.73. The molecule has 2 rings (SSSR count). The van der Waals surface area contributed by atoms with Crippen molar-refractivity contribution in [2.75, 3.05) is 6.61 Å². The first-order chi connectivity index (χ1) is 11.0. The number of nitrogens with one attached hydrogen (secondary N) is 2. The molecular formula is C16H15ClN2O4. The average molecular weight is 335 g/mol. The first-order valence-electron chi connectivity index (χ1n) is 6.73. The third-order valence-corrected chi connectivity index (χ3v) is 3.23. The van der Waals surface area contributed by atoms with Gasteiger partial charge in [0.1, 0.15) is 11.5 Å². The molecule has 2 aromatic rings. The Morgan fingerprint density at radius 1 is 1.13 bits per heavy atom. The molecule has 2 aromatic carbocycles. The number of aromatic hydroxyl groups is 1. The highest BCUT2D eigenvalue weighted by molar-refractivity contribution is 6.30. The van der Waals surface area contributed by atoms with E-state index in [9.17, 15) is 14.7 Å². The summed E-state index contributed by atoms with van der Waals surface area (Å²) in [6.07, 6.45) is 0. The number of carbonyl (C=O) groups is 2. The number of hydrazine groups is 1. The molecule has 0 bridgehead atoms. The second-order valence-corrected chi connectivity index (χ2v) is 5.15. The molecule has 0 heterocycles. The van der Waals surface area contributed by atoms with E-state index in [1.54, 1.807) is 43.3 Å². The molecule has 0 radical (unpaired) electrons. The number of benzene rings is 2. The molecule has 0 saturated carbocycles. The topological polar surface area (TPSA) is 87.7 Å². The van der Waals surface area contributed by atoms with Crippen molar-refractivity contribution in [2.24, 2.45) is 0 Å². The number of amides is 2. The van der Waals surface area contributed by atoms with Crippen LogP contribution in [0.4, 0.5) is 0 Å². The molecule has 0 saturated heterocycles. The molecule has 0 fully saturated rings. The largest absolute Gasteiger partial charge is 0.507 e. The first-order valence-corrected chi connectivity index (χ1v) is 7.11. The lowest BCUT2D eigenvalue weighted by atomic mass is 10.1. The van der Waals surface area contributed by atoms with Gasteiger partial charge in [-0.2, -0.15) is 0 Å². The Balaban J connectivity index is 1.83. The van der Waals surface area contributed by atoms with Gasteiger partial charge >= 0.3 is 0 Å². The second-order valence-electron chi connectivity index (χ2n) is 4.72. The van der Waals surface area contributed by atoms with Crippen LogP contribution in [0.5, 0.6) is 11.5 Å². The summed E-state index contributed by atoms with van der Waals surface area (Å²) in [4.78, 5) is 23.5. The van der Waals surface area contributed by atoms with E-state index in [1.807, 2.05) is 0 Å². The molecule has 6 nitrogen and oxygen atoms in total. The van der Waals surface area contributed by atoms with Crippen molar-refractivity contribution in [3.05, 3.63) is 58.6 Å². The number of rotatable bonds is 4. The van der Waals surface area contributed by atoms with Crippen LogP contribution >= 0.6 is 11.6 Å². The van der Waals surface area contributed by atoms with Crippen LogP contribution in [0.3, 0.4) is 0 Å². The van der Waals surface area contributed by atoms with Gasteiger partial charge in [-0.05, 0) is 42.8 Å². The van der Waals surface area contributed by atoms with Crippen LogP contribution in [-0.2, 0) is 4.79 Å². The molecule has 120 valence electrons. The molecule has 0 atom stereocenters. The number of aryl methyl sites for hydroxylation is 1. The van der Waals surface area contributed by atoms with Gasteiger partial charge < -0.3 is 9.84 Å². The molecule has 0 aromatic heterocycles. The van der Waals surface area contributed by atoms with Crippen molar-refractivity contribution in [3.63, 3.8) is 0 Å². The van der Waals surface area contributed by atoms with Crippen molar-refractivity contribution >= 4 is 23.4 Å². The summed E-state index contributed by atoms with van der Waals surface area (Å²) in [5.74, 6) is -0.810. The van der Waals surface area contributed by atoms with Crippen LogP contribution < -0.4 is 15.6 Å². The van der Waals surface area contributed by atoms with Crippen molar-refractivity contribution in [1.82, 2.24) is 10.9 Å². The maximum absolute atomic E-state index is 11.9. The second kappa shape index (κ2) is 7.51. The third kappa shape index (κ3) is 4.62. The average Bonchev–Trinajstić information content (AvgIpc) is 2.54. The van der Waals surface area contributed by atoms with Crippen LogP contribution in [0.1, 0.15) is 15.9 Å². The van der Waals surface area contributed by atoms with E-state index < -0.39 is 11.8 Å². The maximum atomic E-state index is 11.9.